The van der Waals surface area contributed by atoms with Crippen molar-refractivity contribution >= 4 is 5.96 Å². The van der Waals surface area contributed by atoms with Crippen LogP contribution in [0.3, 0.4) is 0 Å². The number of guanidine groups is 1. The molecule has 5 heteroatoms. The van der Waals surface area contributed by atoms with Crippen molar-refractivity contribution in [2.75, 3.05) is 27.3 Å². The van der Waals surface area contributed by atoms with E-state index in [0.29, 0.717) is 0 Å². The third-order valence-corrected chi connectivity index (χ3v) is 4.11. The molecular formula is C18H29N3O2. The van der Waals surface area contributed by atoms with Gasteiger partial charge in [0.25, 0.3) is 0 Å². The van der Waals surface area contributed by atoms with Gasteiger partial charge in [-0.2, -0.15) is 0 Å². The second kappa shape index (κ2) is 8.65. The van der Waals surface area contributed by atoms with Crippen LogP contribution in [0, 0.1) is 5.92 Å². The Labute approximate surface area is 139 Å². The number of benzene rings is 1. The molecule has 0 heterocycles. The van der Waals surface area contributed by atoms with Crippen molar-refractivity contribution in [3.8, 4) is 11.5 Å². The lowest BCUT2D eigenvalue weighted by molar-refractivity contribution is 0.394. The molecule has 1 fully saturated rings. The zero-order valence-electron chi connectivity index (χ0n) is 14.7. The Bertz CT molecular complexity index is 527. The summed E-state index contributed by atoms with van der Waals surface area (Å²) in [5.41, 5.74) is 1.06. The van der Waals surface area contributed by atoms with Crippen LogP contribution in [0.15, 0.2) is 23.2 Å². The van der Waals surface area contributed by atoms with Crippen LogP contribution in [0.25, 0.3) is 0 Å². The van der Waals surface area contributed by atoms with Crippen LogP contribution in [0.4, 0.5) is 0 Å². The van der Waals surface area contributed by atoms with Gasteiger partial charge in [-0.3, -0.25) is 4.99 Å². The highest BCUT2D eigenvalue weighted by Gasteiger charge is 2.20. The quantitative estimate of drug-likeness (QED) is 0.571. The maximum Gasteiger partial charge on any atom is 0.191 e. The van der Waals surface area contributed by atoms with Gasteiger partial charge in [0.05, 0.1) is 20.3 Å². The van der Waals surface area contributed by atoms with Crippen molar-refractivity contribution in [2.24, 2.45) is 10.9 Å². The number of methoxy groups -OCH3 is 2. The smallest absolute Gasteiger partial charge is 0.191 e. The van der Waals surface area contributed by atoms with Gasteiger partial charge in [-0.25, -0.2) is 0 Å². The van der Waals surface area contributed by atoms with E-state index >= 15 is 0 Å². The van der Waals surface area contributed by atoms with Gasteiger partial charge in [0.2, 0.25) is 0 Å². The number of rotatable bonds is 8. The molecule has 1 aromatic carbocycles. The summed E-state index contributed by atoms with van der Waals surface area (Å²) in [4.78, 5) is 4.68. The second-order valence-corrected chi connectivity index (χ2v) is 5.97. The van der Waals surface area contributed by atoms with Crippen LogP contribution < -0.4 is 20.1 Å². The van der Waals surface area contributed by atoms with E-state index in [1.54, 1.807) is 14.2 Å². The summed E-state index contributed by atoms with van der Waals surface area (Å²) < 4.78 is 10.8. The molecule has 1 saturated carbocycles. The molecule has 1 atom stereocenters. The normalized spacial score (nSPS) is 15.9. The van der Waals surface area contributed by atoms with E-state index in [-0.39, 0.29) is 6.04 Å². The topological polar surface area (TPSA) is 54.9 Å². The maximum atomic E-state index is 5.47. The molecule has 0 amide bonds. The molecule has 0 saturated heterocycles. The fourth-order valence-electron chi connectivity index (χ4n) is 2.55. The number of nitrogens with zero attached hydrogens (tertiary/aromatic N) is 1. The molecule has 2 rings (SSSR count). The Morgan fingerprint density at radius 3 is 2.70 bits per heavy atom. The Kier molecular flexibility index (Phi) is 6.56. The molecule has 1 unspecified atom stereocenters. The maximum absolute atomic E-state index is 5.47. The van der Waals surface area contributed by atoms with Gasteiger partial charge in [0.1, 0.15) is 11.5 Å². The molecule has 0 aromatic heterocycles. The van der Waals surface area contributed by atoms with Crippen LogP contribution >= 0.6 is 0 Å². The van der Waals surface area contributed by atoms with Crippen LogP contribution in [0.5, 0.6) is 11.5 Å². The molecule has 128 valence electrons. The predicted octanol–water partition coefficient (Wildman–Crippen LogP) is 3.12. The van der Waals surface area contributed by atoms with Gasteiger partial charge < -0.3 is 20.1 Å². The minimum Gasteiger partial charge on any atom is -0.497 e. The van der Waals surface area contributed by atoms with E-state index in [9.17, 15) is 0 Å². The summed E-state index contributed by atoms with van der Waals surface area (Å²) >= 11 is 0. The Hall–Kier alpha value is -1.91. The number of ether oxygens (including phenoxy) is 2. The summed E-state index contributed by atoms with van der Waals surface area (Å²) in [6.45, 7) is 5.90. The molecule has 0 spiro atoms. The van der Waals surface area contributed by atoms with Crippen LogP contribution in [0.2, 0.25) is 0 Å². The SMILES string of the molecule is CCNC(=NCCC1CC1)NC(C)c1cc(OC)ccc1OC. The van der Waals surface area contributed by atoms with E-state index < -0.39 is 0 Å². The predicted molar refractivity (Wildman–Crippen MR) is 94.4 cm³/mol. The standard InChI is InChI=1S/C18H29N3O2/c1-5-19-18(20-11-10-14-6-7-14)21-13(2)16-12-15(22-3)8-9-17(16)23-4/h8-9,12-14H,5-7,10-11H2,1-4H3,(H2,19,20,21). The summed E-state index contributed by atoms with van der Waals surface area (Å²) in [6, 6.07) is 5.91. The van der Waals surface area contributed by atoms with Crippen molar-refractivity contribution in [1.29, 1.82) is 0 Å². The Balaban J connectivity index is 2.05. The Morgan fingerprint density at radius 1 is 1.30 bits per heavy atom. The molecule has 2 N–H and O–H groups in total. The molecule has 1 aromatic rings. The molecule has 5 nitrogen and oxygen atoms in total. The van der Waals surface area contributed by atoms with Gasteiger partial charge in [-0.1, -0.05) is 12.8 Å². The number of hydrogen-bond donors (Lipinski definition) is 2. The zero-order chi connectivity index (χ0) is 16.7. The van der Waals surface area contributed by atoms with E-state index in [0.717, 1.165) is 42.0 Å². The second-order valence-electron chi connectivity index (χ2n) is 5.97. The zero-order valence-corrected chi connectivity index (χ0v) is 14.7. The van der Waals surface area contributed by atoms with Crippen LogP contribution in [0.1, 0.15) is 44.7 Å². The summed E-state index contributed by atoms with van der Waals surface area (Å²) in [6.07, 6.45) is 3.93. The van der Waals surface area contributed by atoms with Gasteiger partial charge in [-0.15, -0.1) is 0 Å². The van der Waals surface area contributed by atoms with Gasteiger partial charge in [-0.05, 0) is 44.4 Å². The first kappa shape index (κ1) is 17.4. The van der Waals surface area contributed by atoms with Crippen molar-refractivity contribution in [3.63, 3.8) is 0 Å². The fourth-order valence-corrected chi connectivity index (χ4v) is 2.55. The Morgan fingerprint density at radius 2 is 2.09 bits per heavy atom. The van der Waals surface area contributed by atoms with Crippen molar-refractivity contribution in [3.05, 3.63) is 23.8 Å². The highest BCUT2D eigenvalue weighted by atomic mass is 16.5. The van der Waals surface area contributed by atoms with Gasteiger partial charge >= 0.3 is 0 Å². The largest absolute Gasteiger partial charge is 0.497 e. The van der Waals surface area contributed by atoms with Gasteiger partial charge in [0, 0.05) is 18.7 Å². The highest BCUT2D eigenvalue weighted by molar-refractivity contribution is 5.80. The summed E-state index contributed by atoms with van der Waals surface area (Å²) in [7, 11) is 3.36. The van der Waals surface area contributed by atoms with Gasteiger partial charge in [0.15, 0.2) is 5.96 Å². The number of nitrogens with one attached hydrogen (secondary N) is 2. The molecule has 1 aliphatic carbocycles. The summed E-state index contributed by atoms with van der Waals surface area (Å²) in [5, 5.41) is 6.77. The van der Waals surface area contributed by atoms with E-state index in [1.165, 1.54) is 19.3 Å². The number of aliphatic imine (C=N–C) groups is 1. The minimum atomic E-state index is 0.0683. The van der Waals surface area contributed by atoms with E-state index in [2.05, 4.69) is 29.5 Å². The average molecular weight is 319 g/mol. The van der Waals surface area contributed by atoms with Crippen molar-refractivity contribution in [2.45, 2.75) is 39.2 Å². The lowest BCUT2D eigenvalue weighted by Crippen LogP contribution is -2.39. The fraction of sp³-hybridized carbons (Fsp3) is 0.611. The molecule has 0 bridgehead atoms. The number of hydrogen-bond acceptors (Lipinski definition) is 3. The first-order chi connectivity index (χ1) is 11.2. The highest BCUT2D eigenvalue weighted by Crippen LogP contribution is 2.32. The average Bonchev–Trinajstić information content (AvgIpc) is 3.38. The first-order valence-electron chi connectivity index (χ1n) is 8.44. The molecule has 0 aliphatic heterocycles. The van der Waals surface area contributed by atoms with Crippen LogP contribution in [-0.4, -0.2) is 33.3 Å². The van der Waals surface area contributed by atoms with Crippen molar-refractivity contribution in [1.82, 2.24) is 10.6 Å². The summed E-state index contributed by atoms with van der Waals surface area (Å²) in [5.74, 6) is 3.42. The third kappa shape index (κ3) is 5.34. The first-order valence-corrected chi connectivity index (χ1v) is 8.44. The third-order valence-electron chi connectivity index (χ3n) is 4.11. The van der Waals surface area contributed by atoms with Crippen molar-refractivity contribution < 1.29 is 9.47 Å². The van der Waals surface area contributed by atoms with E-state index in [4.69, 9.17) is 9.47 Å². The lowest BCUT2D eigenvalue weighted by Gasteiger charge is -2.20. The minimum absolute atomic E-state index is 0.0683. The molecule has 1 aliphatic rings. The molecular weight excluding hydrogens is 290 g/mol. The van der Waals surface area contributed by atoms with E-state index in [1.807, 2.05) is 18.2 Å². The molecule has 0 radical (unpaired) electrons. The van der Waals surface area contributed by atoms with Crippen LogP contribution in [-0.2, 0) is 0 Å². The lowest BCUT2D eigenvalue weighted by atomic mass is 10.1. The molecule has 23 heavy (non-hydrogen) atoms. The monoisotopic (exact) mass is 319 g/mol.